The topological polar surface area (TPSA) is 42.9 Å². The molecule has 5 nitrogen and oxygen atoms in total. The summed E-state index contributed by atoms with van der Waals surface area (Å²) in [5.41, 5.74) is 0. The van der Waals surface area contributed by atoms with E-state index in [0.717, 1.165) is 32.7 Å². The Labute approximate surface area is 123 Å². The summed E-state index contributed by atoms with van der Waals surface area (Å²) in [5, 5.41) is 5.74. The van der Waals surface area contributed by atoms with Crippen LogP contribution in [0.5, 0.6) is 0 Å². The molecule has 0 aromatic carbocycles. The molecule has 0 radical (unpaired) electrons. The zero-order valence-electron chi connectivity index (χ0n) is 12.4. The predicted octanol–water partition coefficient (Wildman–Crippen LogP) is 0.494. The number of nitrogens with one attached hydrogen (secondary N) is 2. The minimum absolute atomic E-state index is 0.143. The number of alkyl halides is 3. The molecule has 0 aromatic heterocycles. The van der Waals surface area contributed by atoms with Crippen molar-refractivity contribution in [3.8, 4) is 0 Å². The molecule has 1 atom stereocenters. The van der Waals surface area contributed by atoms with Crippen LogP contribution >= 0.6 is 0 Å². The first-order valence-electron chi connectivity index (χ1n) is 7.53. The van der Waals surface area contributed by atoms with E-state index < -0.39 is 12.6 Å². The van der Waals surface area contributed by atoms with E-state index in [0.29, 0.717) is 25.1 Å². The number of halogens is 3. The van der Waals surface area contributed by atoms with Gasteiger partial charge in [-0.3, -0.25) is 14.8 Å². The summed E-state index contributed by atoms with van der Waals surface area (Å²) in [6, 6.07) is 0.380. The monoisotopic (exact) mass is 307 g/mol. The molecule has 3 aliphatic rings. The molecule has 3 saturated heterocycles. The Bertz CT molecular complexity index is 350. The average Bonchev–Trinajstić information content (AvgIpc) is 2.45. The number of aliphatic imine (C=N–C) groups is 1. The van der Waals surface area contributed by atoms with Crippen LogP contribution in [0.15, 0.2) is 4.99 Å². The normalized spacial score (nSPS) is 29.5. The number of hydrogen-bond donors (Lipinski definition) is 2. The van der Waals surface area contributed by atoms with Gasteiger partial charge in [0.1, 0.15) is 0 Å². The lowest BCUT2D eigenvalue weighted by molar-refractivity contribution is -0.132. The summed E-state index contributed by atoms with van der Waals surface area (Å²) in [6.07, 6.45) is -4.98. The number of fused-ring (bicyclic) bond motifs is 3. The van der Waals surface area contributed by atoms with Gasteiger partial charge in [0, 0.05) is 51.9 Å². The molecule has 3 fully saturated rings. The lowest BCUT2D eigenvalue weighted by atomic mass is 10.1. The third kappa shape index (κ3) is 5.35. The maximum Gasteiger partial charge on any atom is 0.390 e. The highest BCUT2D eigenvalue weighted by atomic mass is 19.4. The number of hydrogen-bond acceptors (Lipinski definition) is 3. The van der Waals surface area contributed by atoms with Gasteiger partial charge in [-0.05, 0) is 6.92 Å². The van der Waals surface area contributed by atoms with Crippen LogP contribution in [0, 0.1) is 0 Å². The quantitative estimate of drug-likeness (QED) is 0.573. The van der Waals surface area contributed by atoms with Crippen LogP contribution in [0.1, 0.15) is 13.3 Å². The van der Waals surface area contributed by atoms with Gasteiger partial charge in [0.2, 0.25) is 0 Å². The Hall–Kier alpha value is -1.02. The van der Waals surface area contributed by atoms with Crippen molar-refractivity contribution in [2.45, 2.75) is 25.6 Å². The van der Waals surface area contributed by atoms with Gasteiger partial charge in [0.05, 0.1) is 13.0 Å². The van der Waals surface area contributed by atoms with E-state index >= 15 is 0 Å². The molecule has 0 amide bonds. The molecule has 0 aliphatic carbocycles. The van der Waals surface area contributed by atoms with E-state index in [-0.39, 0.29) is 6.54 Å². The van der Waals surface area contributed by atoms with Crippen LogP contribution < -0.4 is 10.6 Å². The molecule has 3 heterocycles. The molecule has 122 valence electrons. The van der Waals surface area contributed by atoms with E-state index in [1.807, 2.05) is 6.92 Å². The fourth-order valence-electron chi connectivity index (χ4n) is 2.76. The maximum absolute atomic E-state index is 12.2. The molecule has 21 heavy (non-hydrogen) atoms. The van der Waals surface area contributed by atoms with Crippen molar-refractivity contribution in [3.63, 3.8) is 0 Å². The fraction of sp³-hybridized carbons (Fsp3) is 0.923. The van der Waals surface area contributed by atoms with E-state index in [9.17, 15) is 13.2 Å². The number of guanidine groups is 1. The Morgan fingerprint density at radius 1 is 1.19 bits per heavy atom. The molecule has 0 aromatic rings. The molecule has 2 bridgehead atoms. The summed E-state index contributed by atoms with van der Waals surface area (Å²) < 4.78 is 36.5. The zero-order valence-corrected chi connectivity index (χ0v) is 12.4. The van der Waals surface area contributed by atoms with Gasteiger partial charge >= 0.3 is 6.18 Å². The second-order valence-electron chi connectivity index (χ2n) is 5.50. The largest absolute Gasteiger partial charge is 0.390 e. The first-order chi connectivity index (χ1) is 9.98. The smallest absolute Gasteiger partial charge is 0.357 e. The zero-order chi connectivity index (χ0) is 15.3. The Kier molecular flexibility index (Phi) is 5.69. The standard InChI is InChI=1S/C13H24F3N5/c1-2-17-12(18-4-3-13(14,15)16)19-9-11-10-20-5-7-21(11)8-6-20/h11H,2-10H2,1H3,(H2,17,18,19). The van der Waals surface area contributed by atoms with Crippen molar-refractivity contribution >= 4 is 5.96 Å². The van der Waals surface area contributed by atoms with E-state index in [1.54, 1.807) is 0 Å². The van der Waals surface area contributed by atoms with Crippen molar-refractivity contribution in [2.24, 2.45) is 4.99 Å². The molecule has 0 spiro atoms. The third-order valence-corrected chi connectivity index (χ3v) is 3.90. The lowest BCUT2D eigenvalue weighted by Crippen LogP contribution is -2.62. The molecule has 2 N–H and O–H groups in total. The lowest BCUT2D eigenvalue weighted by Gasteiger charge is -2.47. The highest BCUT2D eigenvalue weighted by Crippen LogP contribution is 2.18. The van der Waals surface area contributed by atoms with Crippen LogP contribution in [-0.2, 0) is 0 Å². The highest BCUT2D eigenvalue weighted by molar-refractivity contribution is 5.79. The van der Waals surface area contributed by atoms with Crippen molar-refractivity contribution in [2.75, 3.05) is 52.4 Å². The molecule has 3 rings (SSSR count). The minimum atomic E-state index is -4.13. The summed E-state index contributed by atoms with van der Waals surface area (Å²) >= 11 is 0. The third-order valence-electron chi connectivity index (χ3n) is 3.90. The van der Waals surface area contributed by atoms with Gasteiger partial charge in [-0.15, -0.1) is 0 Å². The Morgan fingerprint density at radius 2 is 1.90 bits per heavy atom. The molecule has 3 aliphatic heterocycles. The van der Waals surface area contributed by atoms with Crippen molar-refractivity contribution in [1.82, 2.24) is 20.4 Å². The summed E-state index contributed by atoms with van der Waals surface area (Å²) in [6.45, 7) is 8.39. The number of piperazine rings is 3. The van der Waals surface area contributed by atoms with E-state index in [2.05, 4.69) is 25.4 Å². The number of nitrogens with zero attached hydrogens (tertiary/aromatic N) is 3. The summed E-state index contributed by atoms with van der Waals surface area (Å²) in [7, 11) is 0. The predicted molar refractivity (Wildman–Crippen MR) is 76.5 cm³/mol. The van der Waals surface area contributed by atoms with Gasteiger partial charge in [-0.25, -0.2) is 0 Å². The first-order valence-corrected chi connectivity index (χ1v) is 7.53. The van der Waals surface area contributed by atoms with Crippen molar-refractivity contribution in [1.29, 1.82) is 0 Å². The van der Waals surface area contributed by atoms with Gasteiger partial charge in [0.25, 0.3) is 0 Å². The van der Waals surface area contributed by atoms with Crippen LogP contribution in [0.3, 0.4) is 0 Å². The second kappa shape index (κ2) is 7.31. The summed E-state index contributed by atoms with van der Waals surface area (Å²) in [4.78, 5) is 9.27. The Balaban J connectivity index is 1.80. The van der Waals surface area contributed by atoms with Crippen LogP contribution in [0.4, 0.5) is 13.2 Å². The van der Waals surface area contributed by atoms with Crippen molar-refractivity contribution in [3.05, 3.63) is 0 Å². The van der Waals surface area contributed by atoms with Crippen LogP contribution in [-0.4, -0.2) is 80.3 Å². The van der Waals surface area contributed by atoms with Crippen molar-refractivity contribution < 1.29 is 13.2 Å². The van der Waals surface area contributed by atoms with E-state index in [1.165, 1.54) is 0 Å². The van der Waals surface area contributed by atoms with Crippen LogP contribution in [0.2, 0.25) is 0 Å². The van der Waals surface area contributed by atoms with Gasteiger partial charge in [-0.1, -0.05) is 0 Å². The molecule has 8 heteroatoms. The molecule has 0 saturated carbocycles. The Morgan fingerprint density at radius 3 is 2.43 bits per heavy atom. The number of rotatable bonds is 5. The first kappa shape index (κ1) is 16.4. The highest BCUT2D eigenvalue weighted by Gasteiger charge is 2.31. The van der Waals surface area contributed by atoms with Gasteiger partial charge in [-0.2, -0.15) is 13.2 Å². The van der Waals surface area contributed by atoms with E-state index in [4.69, 9.17) is 0 Å². The second-order valence-corrected chi connectivity index (χ2v) is 5.50. The minimum Gasteiger partial charge on any atom is -0.357 e. The van der Waals surface area contributed by atoms with Gasteiger partial charge < -0.3 is 10.6 Å². The maximum atomic E-state index is 12.2. The van der Waals surface area contributed by atoms with Gasteiger partial charge in [0.15, 0.2) is 5.96 Å². The SMILES string of the molecule is CCNC(=NCC1CN2CCN1CC2)NCCC(F)(F)F. The molecular weight excluding hydrogens is 283 g/mol. The van der Waals surface area contributed by atoms with Crippen LogP contribution in [0.25, 0.3) is 0 Å². The fourth-order valence-corrected chi connectivity index (χ4v) is 2.76. The molecule has 1 unspecified atom stereocenters. The molecular formula is C13H24F3N5. The summed E-state index contributed by atoms with van der Waals surface area (Å²) in [5.74, 6) is 0.472. The average molecular weight is 307 g/mol.